The Morgan fingerprint density at radius 1 is 0.262 bits per heavy atom. The largest absolute Gasteiger partial charge is 0.417 e. The molecule has 21 aromatic rings. The van der Waals surface area contributed by atoms with E-state index in [9.17, 15) is 5.26 Å². The van der Waals surface area contributed by atoms with Gasteiger partial charge in [0.05, 0.1) is 94.8 Å². The first-order valence-electron chi connectivity index (χ1n) is 34.6. The molecule has 21 rings (SSSR count). The van der Waals surface area contributed by atoms with Crippen molar-refractivity contribution in [2.45, 2.75) is 13.1 Å². The van der Waals surface area contributed by atoms with Crippen LogP contribution in [0.5, 0.6) is 0 Å². The third kappa shape index (κ3) is 8.51. The van der Waals surface area contributed by atoms with E-state index in [-0.39, 0.29) is 5.56 Å². The smallest absolute Gasteiger partial charge is 0.309 e. The highest BCUT2D eigenvalue weighted by Gasteiger charge is 2.35. The van der Waals surface area contributed by atoms with E-state index in [1.54, 1.807) is 13.0 Å². The second kappa shape index (κ2) is 21.9. The quantitative estimate of drug-likeness (QED) is 0.150. The summed E-state index contributed by atoms with van der Waals surface area (Å²) < 4.78 is 61.1. The SMILES string of the molecule is Cc1cccc(C(F)(F)F)c1-c1ccc(-c2ccc(C#N)cc2-n2c3ccc(-n4c5ccccc5c5ccccc54)cc3c3cc(-n4c5ccccc5c5ccccc54)ccc32)c(-n2c3ccc(-n4c5ccccc5c5ccccc54)cc3c3cc(-n4c5ccccc5c5ccccc54)ccc32)c1. The molecule has 0 saturated heterocycles. The number of para-hydroxylation sites is 8. The number of nitrogens with zero attached hydrogens (tertiary/aromatic N) is 7. The first-order chi connectivity index (χ1) is 50.6. The van der Waals surface area contributed by atoms with E-state index >= 15 is 13.2 Å². The lowest BCUT2D eigenvalue weighted by Crippen LogP contribution is -2.08. The number of aromatic nitrogens is 6. The van der Waals surface area contributed by atoms with Crippen LogP contribution in [0.25, 0.3) is 187 Å². The van der Waals surface area contributed by atoms with Gasteiger partial charge in [-0.15, -0.1) is 0 Å². The Bertz CT molecular complexity index is 6720. The molecule has 15 aromatic carbocycles. The number of halogens is 3. The van der Waals surface area contributed by atoms with Crippen LogP contribution in [-0.2, 0) is 6.18 Å². The van der Waals surface area contributed by atoms with E-state index in [0.717, 1.165) is 170 Å². The Morgan fingerprint density at radius 2 is 0.544 bits per heavy atom. The predicted octanol–water partition coefficient (Wildman–Crippen LogP) is 24.8. The summed E-state index contributed by atoms with van der Waals surface area (Å²) in [6.07, 6.45) is -4.67. The van der Waals surface area contributed by atoms with E-state index in [0.29, 0.717) is 22.4 Å². The predicted molar refractivity (Wildman–Crippen MR) is 418 cm³/mol. The average Bonchev–Trinajstić information content (AvgIpc) is 1.60. The van der Waals surface area contributed by atoms with Gasteiger partial charge in [0.25, 0.3) is 0 Å². The molecule has 0 aliphatic carbocycles. The number of fused-ring (bicyclic) bond motifs is 18. The van der Waals surface area contributed by atoms with Crippen molar-refractivity contribution in [2.24, 2.45) is 0 Å². The normalized spacial score (nSPS) is 12.3. The lowest BCUT2D eigenvalue weighted by Gasteiger charge is -2.21. The highest BCUT2D eigenvalue weighted by atomic mass is 19.4. The molecule has 0 spiro atoms. The van der Waals surface area contributed by atoms with Crippen molar-refractivity contribution in [3.63, 3.8) is 0 Å². The van der Waals surface area contributed by atoms with Gasteiger partial charge in [-0.1, -0.05) is 176 Å². The minimum atomic E-state index is -4.67. The minimum absolute atomic E-state index is 0.103. The summed E-state index contributed by atoms with van der Waals surface area (Å²) in [5, 5.41) is 24.2. The number of alkyl halides is 3. The minimum Gasteiger partial charge on any atom is -0.309 e. The number of nitriles is 1. The number of aryl methyl sites for hydroxylation is 1. The molecule has 0 aliphatic heterocycles. The Morgan fingerprint density at radius 3 is 0.845 bits per heavy atom. The fourth-order valence-electron chi connectivity index (χ4n) is 17.3. The van der Waals surface area contributed by atoms with Crippen molar-refractivity contribution in [3.05, 3.63) is 338 Å². The van der Waals surface area contributed by atoms with Gasteiger partial charge < -0.3 is 27.4 Å². The molecule has 0 atom stereocenters. The summed E-state index contributed by atoms with van der Waals surface area (Å²) in [6, 6.07) is 113. The molecule has 0 saturated carbocycles. The van der Waals surface area contributed by atoms with Gasteiger partial charge in [0.15, 0.2) is 0 Å². The number of rotatable bonds is 8. The second-order valence-electron chi connectivity index (χ2n) is 27.0. The van der Waals surface area contributed by atoms with E-state index < -0.39 is 11.7 Å². The zero-order valence-electron chi connectivity index (χ0n) is 55.4. The first kappa shape index (κ1) is 58.4. The van der Waals surface area contributed by atoms with Crippen molar-refractivity contribution in [3.8, 4) is 62.4 Å². The van der Waals surface area contributed by atoms with Gasteiger partial charge in [0.2, 0.25) is 0 Å². The molecule has 6 heterocycles. The molecule has 484 valence electrons. The fourth-order valence-corrected chi connectivity index (χ4v) is 17.3. The molecule has 0 unspecified atom stereocenters. The third-order valence-corrected chi connectivity index (χ3v) is 21.6. The van der Waals surface area contributed by atoms with Gasteiger partial charge in [-0.3, -0.25) is 0 Å². The van der Waals surface area contributed by atoms with Crippen molar-refractivity contribution in [2.75, 3.05) is 0 Å². The molecule has 0 N–H and O–H groups in total. The molecule has 0 fully saturated rings. The fraction of sp³-hybridized carbons (Fsp3) is 0.0215. The first-order valence-corrected chi connectivity index (χ1v) is 34.6. The van der Waals surface area contributed by atoms with E-state index in [1.165, 1.54) is 12.1 Å². The molecular formula is C93H56F3N7. The van der Waals surface area contributed by atoms with Gasteiger partial charge >= 0.3 is 6.18 Å². The zero-order valence-corrected chi connectivity index (χ0v) is 55.4. The van der Waals surface area contributed by atoms with Crippen LogP contribution in [0.2, 0.25) is 0 Å². The van der Waals surface area contributed by atoms with E-state index in [4.69, 9.17) is 0 Å². The van der Waals surface area contributed by atoms with Crippen LogP contribution in [0.1, 0.15) is 16.7 Å². The highest BCUT2D eigenvalue weighted by Crippen LogP contribution is 2.48. The molecule has 0 amide bonds. The molecular weight excluding hydrogens is 1270 g/mol. The van der Waals surface area contributed by atoms with Gasteiger partial charge in [-0.05, 0) is 169 Å². The molecule has 0 aliphatic rings. The van der Waals surface area contributed by atoms with Crippen molar-refractivity contribution in [1.82, 2.24) is 27.4 Å². The highest BCUT2D eigenvalue weighted by molar-refractivity contribution is 6.17. The number of hydrogen-bond donors (Lipinski definition) is 0. The van der Waals surface area contributed by atoms with Crippen molar-refractivity contribution in [1.29, 1.82) is 5.26 Å². The second-order valence-corrected chi connectivity index (χ2v) is 27.0. The van der Waals surface area contributed by atoms with Crippen LogP contribution >= 0.6 is 0 Å². The lowest BCUT2D eigenvalue weighted by atomic mass is 9.91. The summed E-state index contributed by atoms with van der Waals surface area (Å²) in [5.41, 5.74) is 19.6. The summed E-state index contributed by atoms with van der Waals surface area (Å²) in [5.74, 6) is 0. The molecule has 0 radical (unpaired) electrons. The maximum absolute atomic E-state index is 15.7. The topological polar surface area (TPSA) is 53.4 Å². The van der Waals surface area contributed by atoms with Crippen molar-refractivity contribution >= 4 is 131 Å². The Labute approximate surface area is 587 Å². The van der Waals surface area contributed by atoms with Gasteiger partial charge in [-0.25, -0.2) is 0 Å². The summed E-state index contributed by atoms with van der Waals surface area (Å²) in [4.78, 5) is 0. The maximum atomic E-state index is 15.7. The van der Waals surface area contributed by atoms with Crippen LogP contribution in [-0.4, -0.2) is 27.4 Å². The van der Waals surface area contributed by atoms with Crippen LogP contribution in [0, 0.1) is 18.3 Å². The van der Waals surface area contributed by atoms with Crippen LogP contribution in [0.4, 0.5) is 13.2 Å². The molecule has 0 bridgehead atoms. The van der Waals surface area contributed by atoms with Crippen LogP contribution in [0.3, 0.4) is 0 Å². The van der Waals surface area contributed by atoms with E-state index in [1.807, 2.05) is 36.4 Å². The lowest BCUT2D eigenvalue weighted by molar-refractivity contribution is -0.137. The summed E-state index contributed by atoms with van der Waals surface area (Å²) in [6.45, 7) is 1.76. The Balaban J connectivity index is 0.867. The maximum Gasteiger partial charge on any atom is 0.417 e. The van der Waals surface area contributed by atoms with E-state index in [2.05, 4.69) is 300 Å². The molecule has 103 heavy (non-hydrogen) atoms. The summed E-state index contributed by atoms with van der Waals surface area (Å²) in [7, 11) is 0. The van der Waals surface area contributed by atoms with Crippen LogP contribution in [0.15, 0.2) is 322 Å². The standard InChI is InChI=1S/C93H56F3N7/c1-56-19-18-28-77(93(94,95)96)92(56)58-38-44-72(91(50-58)103-88-47-41-61(100-82-33-14-6-24-67(82)68-25-7-15-34-83(68)100)53-75(88)76-54-62(42-48-89(76)103)101-84-35-16-8-26-69(84)70-27-9-17-36-85(70)101)71-43-37-57(55-97)49-90(71)102-86-45-39-59(98-78-29-10-2-20-63(78)64-21-3-11-30-79(64)98)51-73(86)74-52-60(40-46-87(74)102)99-80-31-12-4-22-65(80)66-23-5-13-32-81(66)99/h2-54H,1H3. The Kier molecular flexibility index (Phi) is 12.4. The third-order valence-electron chi connectivity index (χ3n) is 21.6. The van der Waals surface area contributed by atoms with Gasteiger partial charge in [-0.2, -0.15) is 18.4 Å². The Hall–Kier alpha value is -13.6. The van der Waals surface area contributed by atoms with Crippen molar-refractivity contribution < 1.29 is 13.2 Å². The zero-order chi connectivity index (χ0) is 68.5. The number of hydrogen-bond acceptors (Lipinski definition) is 1. The van der Waals surface area contributed by atoms with Gasteiger partial charge in [0.1, 0.15) is 0 Å². The van der Waals surface area contributed by atoms with Crippen LogP contribution < -0.4 is 0 Å². The monoisotopic (exact) mass is 1330 g/mol. The molecule has 6 aromatic heterocycles. The van der Waals surface area contributed by atoms with Gasteiger partial charge in [0, 0.05) is 98.5 Å². The summed E-state index contributed by atoms with van der Waals surface area (Å²) >= 11 is 0. The average molecular weight is 1330 g/mol. The molecule has 10 heteroatoms. The molecule has 7 nitrogen and oxygen atoms in total. The number of benzene rings is 15.